The minimum atomic E-state index is -0.0845. The number of nitrogens with one attached hydrogen (secondary N) is 1. The lowest BCUT2D eigenvalue weighted by Crippen LogP contribution is -2.47. The number of hydrogen-bond acceptors (Lipinski definition) is 5. The molecule has 6 nitrogen and oxygen atoms in total. The van der Waals surface area contributed by atoms with Gasteiger partial charge in [0.15, 0.2) is 0 Å². The predicted octanol–water partition coefficient (Wildman–Crippen LogP) is 2.27. The Labute approximate surface area is 136 Å². The van der Waals surface area contributed by atoms with E-state index in [2.05, 4.69) is 28.4 Å². The van der Waals surface area contributed by atoms with Crippen LogP contribution in [0.1, 0.15) is 19.5 Å². The molecule has 1 aromatic rings. The summed E-state index contributed by atoms with van der Waals surface area (Å²) in [6.45, 7) is 11.5. The molecule has 124 valence electrons. The molecule has 7 heteroatoms. The highest BCUT2D eigenvalue weighted by Crippen LogP contribution is 2.21. The average molecular weight is 326 g/mol. The third-order valence-electron chi connectivity index (χ3n) is 3.63. The van der Waals surface area contributed by atoms with Crippen LogP contribution in [0.5, 0.6) is 0 Å². The molecular formula is C15H26N4O2S. The van der Waals surface area contributed by atoms with Gasteiger partial charge < -0.3 is 9.64 Å². The third-order valence-corrected chi connectivity index (χ3v) is 4.42. The molecule has 1 fully saturated rings. The number of amides is 2. The second-order valence-corrected chi connectivity index (χ2v) is 7.48. The molecular weight excluding hydrogens is 300 g/mol. The number of carbonyl (C=O) groups excluding carboxylic acids is 1. The van der Waals surface area contributed by atoms with Gasteiger partial charge in [-0.3, -0.25) is 10.2 Å². The van der Waals surface area contributed by atoms with Crippen LogP contribution >= 0.6 is 11.5 Å². The zero-order valence-corrected chi connectivity index (χ0v) is 14.7. The molecule has 0 bridgehead atoms. The summed E-state index contributed by atoms with van der Waals surface area (Å²) in [5.74, 6) is 0. The first-order valence-electron chi connectivity index (χ1n) is 7.61. The molecule has 1 saturated heterocycles. The fourth-order valence-corrected chi connectivity index (χ4v) is 3.40. The van der Waals surface area contributed by atoms with Gasteiger partial charge in [-0.15, -0.1) is 0 Å². The standard InChI is InChI=1S/C15H26N4O2S/c1-12-9-13(22-17-12)16-14(20)18(4)10-15(2,3)11-19-5-7-21-8-6-19/h9H,5-8,10-11H2,1-4H3,(H,16,20). The second-order valence-electron chi connectivity index (χ2n) is 6.67. The normalized spacial score (nSPS) is 16.5. The molecule has 1 aliphatic rings. The monoisotopic (exact) mass is 326 g/mol. The van der Waals surface area contributed by atoms with E-state index >= 15 is 0 Å². The van der Waals surface area contributed by atoms with Crippen molar-refractivity contribution in [3.63, 3.8) is 0 Å². The number of nitrogens with zero attached hydrogens (tertiary/aromatic N) is 3. The van der Waals surface area contributed by atoms with E-state index in [1.165, 1.54) is 11.5 Å². The maximum Gasteiger partial charge on any atom is 0.322 e. The number of hydrogen-bond donors (Lipinski definition) is 1. The first-order valence-corrected chi connectivity index (χ1v) is 8.39. The van der Waals surface area contributed by atoms with Gasteiger partial charge >= 0.3 is 6.03 Å². The Morgan fingerprint density at radius 3 is 2.77 bits per heavy atom. The van der Waals surface area contributed by atoms with E-state index in [9.17, 15) is 4.79 Å². The number of carbonyl (C=O) groups is 1. The number of rotatable bonds is 5. The maximum atomic E-state index is 12.3. The van der Waals surface area contributed by atoms with Crippen molar-refractivity contribution in [3.8, 4) is 0 Å². The van der Waals surface area contributed by atoms with Gasteiger partial charge in [-0.1, -0.05) is 13.8 Å². The van der Waals surface area contributed by atoms with Crippen LogP contribution in [0.25, 0.3) is 0 Å². The summed E-state index contributed by atoms with van der Waals surface area (Å²) in [4.78, 5) is 16.4. The van der Waals surface area contributed by atoms with Crippen molar-refractivity contribution in [1.82, 2.24) is 14.2 Å². The summed E-state index contributed by atoms with van der Waals surface area (Å²) in [7, 11) is 1.84. The van der Waals surface area contributed by atoms with E-state index in [1.807, 2.05) is 20.0 Å². The fourth-order valence-electron chi connectivity index (χ4n) is 2.75. The molecule has 1 aromatic heterocycles. The lowest BCUT2D eigenvalue weighted by molar-refractivity contribution is 0.0182. The molecule has 22 heavy (non-hydrogen) atoms. The molecule has 0 radical (unpaired) electrons. The largest absolute Gasteiger partial charge is 0.379 e. The molecule has 0 aromatic carbocycles. The lowest BCUT2D eigenvalue weighted by atomic mass is 9.92. The Kier molecular flexibility index (Phi) is 5.77. The van der Waals surface area contributed by atoms with Gasteiger partial charge in [-0.2, -0.15) is 4.37 Å². The van der Waals surface area contributed by atoms with E-state index in [4.69, 9.17) is 4.74 Å². The molecule has 1 N–H and O–H groups in total. The molecule has 1 aliphatic heterocycles. The van der Waals surface area contributed by atoms with Gasteiger partial charge in [-0.25, -0.2) is 4.79 Å². The van der Waals surface area contributed by atoms with Gasteiger partial charge in [0.05, 0.1) is 18.9 Å². The number of aryl methyl sites for hydroxylation is 1. The predicted molar refractivity (Wildman–Crippen MR) is 89.5 cm³/mol. The SMILES string of the molecule is Cc1cc(NC(=O)N(C)CC(C)(C)CN2CCOCC2)sn1. The van der Waals surface area contributed by atoms with E-state index in [0.717, 1.165) is 43.5 Å². The molecule has 0 spiro atoms. The smallest absolute Gasteiger partial charge is 0.322 e. The van der Waals surface area contributed by atoms with Crippen LogP contribution in [-0.4, -0.2) is 66.6 Å². The van der Waals surface area contributed by atoms with Gasteiger partial charge in [0.25, 0.3) is 0 Å². The van der Waals surface area contributed by atoms with Crippen LogP contribution in [0.4, 0.5) is 9.80 Å². The number of aromatic nitrogens is 1. The van der Waals surface area contributed by atoms with Crippen LogP contribution in [0.2, 0.25) is 0 Å². The van der Waals surface area contributed by atoms with Crippen molar-refractivity contribution in [3.05, 3.63) is 11.8 Å². The van der Waals surface area contributed by atoms with Crippen molar-refractivity contribution >= 4 is 22.6 Å². The second kappa shape index (κ2) is 7.39. The van der Waals surface area contributed by atoms with Gasteiger partial charge in [-0.05, 0) is 29.9 Å². The van der Waals surface area contributed by atoms with Crippen molar-refractivity contribution < 1.29 is 9.53 Å². The molecule has 2 heterocycles. The van der Waals surface area contributed by atoms with E-state index in [-0.39, 0.29) is 11.4 Å². The van der Waals surface area contributed by atoms with Gasteiger partial charge in [0.2, 0.25) is 0 Å². The molecule has 0 aliphatic carbocycles. The minimum Gasteiger partial charge on any atom is -0.379 e. The fraction of sp³-hybridized carbons (Fsp3) is 0.733. The van der Waals surface area contributed by atoms with E-state index < -0.39 is 0 Å². The highest BCUT2D eigenvalue weighted by molar-refractivity contribution is 7.10. The number of anilines is 1. The average Bonchev–Trinajstić information content (AvgIpc) is 2.84. The third kappa shape index (κ3) is 5.23. The van der Waals surface area contributed by atoms with E-state index in [0.29, 0.717) is 6.54 Å². The van der Waals surface area contributed by atoms with E-state index in [1.54, 1.807) is 4.90 Å². The van der Waals surface area contributed by atoms with Gasteiger partial charge in [0, 0.05) is 33.2 Å². The summed E-state index contributed by atoms with van der Waals surface area (Å²) < 4.78 is 9.55. The molecule has 0 unspecified atom stereocenters. The van der Waals surface area contributed by atoms with Crippen molar-refractivity contribution in [1.29, 1.82) is 0 Å². The molecule has 2 amide bonds. The highest BCUT2D eigenvalue weighted by Gasteiger charge is 2.26. The van der Waals surface area contributed by atoms with Crippen LogP contribution < -0.4 is 5.32 Å². The minimum absolute atomic E-state index is 0.0348. The summed E-state index contributed by atoms with van der Waals surface area (Å²) in [5, 5.41) is 3.69. The quantitative estimate of drug-likeness (QED) is 0.902. The Morgan fingerprint density at radius 2 is 2.18 bits per heavy atom. The van der Waals surface area contributed by atoms with Crippen molar-refractivity contribution in [2.75, 3.05) is 51.8 Å². The highest BCUT2D eigenvalue weighted by atomic mass is 32.1. The Hall–Kier alpha value is -1.18. The zero-order chi connectivity index (χ0) is 16.2. The van der Waals surface area contributed by atoms with Crippen molar-refractivity contribution in [2.24, 2.45) is 5.41 Å². The Balaban J connectivity index is 1.83. The van der Waals surface area contributed by atoms with Crippen LogP contribution in [0.15, 0.2) is 6.07 Å². The number of ether oxygens (including phenoxy) is 1. The zero-order valence-electron chi connectivity index (χ0n) is 13.9. The van der Waals surface area contributed by atoms with Crippen LogP contribution in [0, 0.1) is 12.3 Å². The first kappa shape index (κ1) is 17.2. The summed E-state index contributed by atoms with van der Waals surface area (Å²) >= 11 is 1.31. The molecule has 2 rings (SSSR count). The van der Waals surface area contributed by atoms with Crippen LogP contribution in [-0.2, 0) is 4.74 Å². The Bertz CT molecular complexity index is 497. The molecule has 0 saturated carbocycles. The first-order chi connectivity index (χ1) is 10.4. The number of morpholine rings is 1. The van der Waals surface area contributed by atoms with Crippen molar-refractivity contribution in [2.45, 2.75) is 20.8 Å². The van der Waals surface area contributed by atoms with Gasteiger partial charge in [0.1, 0.15) is 5.00 Å². The summed E-state index contributed by atoms with van der Waals surface area (Å²) in [6.07, 6.45) is 0. The summed E-state index contributed by atoms with van der Waals surface area (Å²) in [6, 6.07) is 1.80. The maximum absolute atomic E-state index is 12.3. The van der Waals surface area contributed by atoms with Crippen LogP contribution in [0.3, 0.4) is 0 Å². The number of urea groups is 1. The summed E-state index contributed by atoms with van der Waals surface area (Å²) in [5.41, 5.74) is 0.961. The lowest BCUT2D eigenvalue weighted by Gasteiger charge is -2.37. The Morgan fingerprint density at radius 1 is 1.50 bits per heavy atom. The molecule has 0 atom stereocenters. The topological polar surface area (TPSA) is 57.7 Å².